The van der Waals surface area contributed by atoms with E-state index in [0.717, 1.165) is 30.6 Å². The van der Waals surface area contributed by atoms with Crippen LogP contribution in [0.2, 0.25) is 0 Å². The number of benzene rings is 1. The maximum atomic E-state index is 12.9. The molecule has 1 aliphatic rings. The highest BCUT2D eigenvalue weighted by atomic mass is 16.2. The van der Waals surface area contributed by atoms with Crippen LogP contribution in [-0.4, -0.2) is 27.1 Å². The van der Waals surface area contributed by atoms with Crippen molar-refractivity contribution in [2.45, 2.75) is 45.6 Å². The van der Waals surface area contributed by atoms with Crippen LogP contribution in [0.3, 0.4) is 0 Å². The molecule has 4 heteroatoms. The first-order chi connectivity index (χ1) is 11.1. The predicted octanol–water partition coefficient (Wildman–Crippen LogP) is 3.33. The smallest absolute Gasteiger partial charge is 0.227 e. The Balaban J connectivity index is 1.82. The van der Waals surface area contributed by atoms with Crippen molar-refractivity contribution < 1.29 is 4.79 Å². The van der Waals surface area contributed by atoms with Crippen molar-refractivity contribution in [3.63, 3.8) is 0 Å². The van der Waals surface area contributed by atoms with E-state index in [1.165, 1.54) is 17.5 Å². The number of nitrogens with zero attached hydrogens (tertiary/aromatic N) is 3. The second-order valence-electron chi connectivity index (χ2n) is 6.59. The Bertz CT molecular complexity index is 704. The Hall–Kier alpha value is -2.10. The molecule has 1 aliphatic heterocycles. The SMILES string of the molecule is Cc1ccc(C)c(CC(=O)N2CCCC[C@H]2c2ccnn2C)c1. The van der Waals surface area contributed by atoms with Crippen LogP contribution < -0.4 is 0 Å². The highest BCUT2D eigenvalue weighted by Gasteiger charge is 2.29. The lowest BCUT2D eigenvalue weighted by Crippen LogP contribution is -2.40. The minimum atomic E-state index is 0.161. The first-order valence-corrected chi connectivity index (χ1v) is 8.40. The van der Waals surface area contributed by atoms with Gasteiger partial charge in [-0.1, -0.05) is 23.8 Å². The summed E-state index contributed by atoms with van der Waals surface area (Å²) in [6.45, 7) is 5.00. The summed E-state index contributed by atoms with van der Waals surface area (Å²) in [6.07, 6.45) is 5.59. The first-order valence-electron chi connectivity index (χ1n) is 8.40. The number of rotatable bonds is 3. The lowest BCUT2D eigenvalue weighted by Gasteiger charge is -2.36. The van der Waals surface area contributed by atoms with E-state index >= 15 is 0 Å². The largest absolute Gasteiger partial charge is 0.334 e. The van der Waals surface area contributed by atoms with Crippen LogP contribution in [0.25, 0.3) is 0 Å². The molecule has 1 saturated heterocycles. The number of carbonyl (C=O) groups excluding carboxylic acids is 1. The highest BCUT2D eigenvalue weighted by molar-refractivity contribution is 5.79. The normalized spacial score (nSPS) is 18.2. The molecule has 1 fully saturated rings. The van der Waals surface area contributed by atoms with Gasteiger partial charge >= 0.3 is 0 Å². The van der Waals surface area contributed by atoms with E-state index in [0.29, 0.717) is 6.42 Å². The van der Waals surface area contributed by atoms with E-state index in [9.17, 15) is 4.79 Å². The van der Waals surface area contributed by atoms with Crippen molar-refractivity contribution in [1.29, 1.82) is 0 Å². The summed E-state index contributed by atoms with van der Waals surface area (Å²) in [6, 6.07) is 8.54. The van der Waals surface area contributed by atoms with Gasteiger partial charge in [0.2, 0.25) is 5.91 Å². The fourth-order valence-electron chi connectivity index (χ4n) is 3.50. The fourth-order valence-corrected chi connectivity index (χ4v) is 3.50. The highest BCUT2D eigenvalue weighted by Crippen LogP contribution is 2.31. The van der Waals surface area contributed by atoms with Gasteiger partial charge < -0.3 is 4.90 Å². The number of carbonyl (C=O) groups is 1. The maximum absolute atomic E-state index is 12.9. The summed E-state index contributed by atoms with van der Waals surface area (Å²) in [5, 5.41) is 4.27. The third-order valence-corrected chi connectivity index (χ3v) is 4.87. The van der Waals surface area contributed by atoms with Crippen molar-refractivity contribution in [2.75, 3.05) is 6.54 Å². The van der Waals surface area contributed by atoms with Gasteiger partial charge in [0.15, 0.2) is 0 Å². The topological polar surface area (TPSA) is 38.1 Å². The molecule has 1 aromatic carbocycles. The molecule has 1 atom stereocenters. The summed E-state index contributed by atoms with van der Waals surface area (Å²) < 4.78 is 1.90. The zero-order valence-corrected chi connectivity index (χ0v) is 14.2. The molecular weight excluding hydrogens is 286 g/mol. The first kappa shape index (κ1) is 15.8. The number of hydrogen-bond acceptors (Lipinski definition) is 2. The Kier molecular flexibility index (Phi) is 4.51. The molecule has 0 N–H and O–H groups in total. The molecule has 0 unspecified atom stereocenters. The summed E-state index contributed by atoms with van der Waals surface area (Å²) >= 11 is 0. The summed E-state index contributed by atoms with van der Waals surface area (Å²) in [7, 11) is 1.96. The average molecular weight is 311 g/mol. The second-order valence-corrected chi connectivity index (χ2v) is 6.59. The fraction of sp³-hybridized carbons (Fsp3) is 0.474. The van der Waals surface area contributed by atoms with Gasteiger partial charge in [0.05, 0.1) is 18.2 Å². The molecule has 1 aromatic heterocycles. The number of hydrogen-bond donors (Lipinski definition) is 0. The number of aromatic nitrogens is 2. The lowest BCUT2D eigenvalue weighted by atomic mass is 9.97. The number of likely N-dealkylation sites (tertiary alicyclic amines) is 1. The maximum Gasteiger partial charge on any atom is 0.227 e. The van der Waals surface area contributed by atoms with Gasteiger partial charge in [0, 0.05) is 19.8 Å². The van der Waals surface area contributed by atoms with Crippen molar-refractivity contribution >= 4 is 5.91 Å². The molecule has 1 amide bonds. The van der Waals surface area contributed by atoms with E-state index in [-0.39, 0.29) is 11.9 Å². The Morgan fingerprint density at radius 2 is 2.09 bits per heavy atom. The molecule has 2 heterocycles. The zero-order chi connectivity index (χ0) is 16.4. The van der Waals surface area contributed by atoms with Gasteiger partial charge in [-0.15, -0.1) is 0 Å². The van der Waals surface area contributed by atoms with Crippen LogP contribution in [0.4, 0.5) is 0 Å². The molecule has 0 bridgehead atoms. The van der Waals surface area contributed by atoms with Crippen molar-refractivity contribution in [2.24, 2.45) is 7.05 Å². The average Bonchev–Trinajstić information content (AvgIpc) is 2.97. The predicted molar refractivity (Wildman–Crippen MR) is 91.1 cm³/mol. The van der Waals surface area contributed by atoms with Crippen molar-refractivity contribution in [1.82, 2.24) is 14.7 Å². The van der Waals surface area contributed by atoms with Gasteiger partial charge in [0.25, 0.3) is 0 Å². The van der Waals surface area contributed by atoms with E-state index in [1.807, 2.05) is 24.0 Å². The number of aryl methyl sites for hydroxylation is 3. The minimum Gasteiger partial charge on any atom is -0.334 e. The molecule has 0 aliphatic carbocycles. The van der Waals surface area contributed by atoms with Crippen molar-refractivity contribution in [3.8, 4) is 0 Å². The van der Waals surface area contributed by atoms with Crippen LogP contribution in [0.1, 0.15) is 47.7 Å². The Morgan fingerprint density at radius 1 is 1.26 bits per heavy atom. The van der Waals surface area contributed by atoms with E-state index < -0.39 is 0 Å². The van der Waals surface area contributed by atoms with Crippen LogP contribution in [0, 0.1) is 13.8 Å². The monoisotopic (exact) mass is 311 g/mol. The molecule has 0 saturated carbocycles. The molecule has 3 rings (SSSR count). The third kappa shape index (κ3) is 3.31. The zero-order valence-electron chi connectivity index (χ0n) is 14.2. The molecule has 2 aromatic rings. The van der Waals surface area contributed by atoms with Crippen LogP contribution >= 0.6 is 0 Å². The molecule has 23 heavy (non-hydrogen) atoms. The van der Waals surface area contributed by atoms with Gasteiger partial charge in [-0.3, -0.25) is 9.48 Å². The van der Waals surface area contributed by atoms with E-state index in [2.05, 4.69) is 42.0 Å². The van der Waals surface area contributed by atoms with Gasteiger partial charge in [0.1, 0.15) is 0 Å². The molecule has 122 valence electrons. The number of piperidine rings is 1. The third-order valence-electron chi connectivity index (χ3n) is 4.87. The summed E-state index contributed by atoms with van der Waals surface area (Å²) in [5.74, 6) is 0.226. The van der Waals surface area contributed by atoms with Crippen LogP contribution in [-0.2, 0) is 18.3 Å². The Morgan fingerprint density at radius 3 is 2.83 bits per heavy atom. The van der Waals surface area contributed by atoms with Gasteiger partial charge in [-0.05, 0) is 50.3 Å². The minimum absolute atomic E-state index is 0.161. The quantitative estimate of drug-likeness (QED) is 0.872. The summed E-state index contributed by atoms with van der Waals surface area (Å²) in [4.78, 5) is 15.0. The van der Waals surface area contributed by atoms with Crippen LogP contribution in [0.15, 0.2) is 30.5 Å². The van der Waals surface area contributed by atoms with E-state index in [1.54, 1.807) is 0 Å². The molecular formula is C19H25N3O. The lowest BCUT2D eigenvalue weighted by molar-refractivity contribution is -0.134. The van der Waals surface area contributed by atoms with Crippen LogP contribution in [0.5, 0.6) is 0 Å². The Labute approximate surface area is 138 Å². The van der Waals surface area contributed by atoms with E-state index in [4.69, 9.17) is 0 Å². The molecule has 4 nitrogen and oxygen atoms in total. The van der Waals surface area contributed by atoms with Gasteiger partial charge in [-0.2, -0.15) is 5.10 Å². The number of amides is 1. The molecule has 0 radical (unpaired) electrons. The standard InChI is InChI=1S/C19H25N3O/c1-14-7-8-15(2)16(12-14)13-19(23)22-11-5-4-6-18(22)17-9-10-20-21(17)3/h7-10,12,18H,4-6,11,13H2,1-3H3/t18-/m0/s1. The summed E-state index contributed by atoms with van der Waals surface area (Å²) in [5.41, 5.74) is 4.68. The molecule has 0 spiro atoms. The second kappa shape index (κ2) is 6.57. The van der Waals surface area contributed by atoms with Gasteiger partial charge in [-0.25, -0.2) is 0 Å². The van der Waals surface area contributed by atoms with Crippen molar-refractivity contribution in [3.05, 3.63) is 52.8 Å².